The van der Waals surface area contributed by atoms with Gasteiger partial charge in [0.15, 0.2) is 18.1 Å². The summed E-state index contributed by atoms with van der Waals surface area (Å²) in [5.74, 6) is 0.0256. The summed E-state index contributed by atoms with van der Waals surface area (Å²) in [7, 11) is 0. The zero-order valence-electron chi connectivity index (χ0n) is 9.75. The number of nitrogens with one attached hydrogen (secondary N) is 1. The van der Waals surface area contributed by atoms with Crippen LogP contribution >= 0.6 is 0 Å². The summed E-state index contributed by atoms with van der Waals surface area (Å²) in [5.41, 5.74) is 2.54. The molecular formula is C11H11NO7. The van der Waals surface area contributed by atoms with Gasteiger partial charge in [-0.25, -0.2) is 9.59 Å². The molecule has 2 rings (SSSR count). The lowest BCUT2D eigenvalue weighted by atomic mass is 10.2. The number of rotatable bonds is 5. The van der Waals surface area contributed by atoms with E-state index in [1.807, 2.05) is 5.48 Å². The van der Waals surface area contributed by atoms with Gasteiger partial charge in [0.1, 0.15) is 6.61 Å². The molecule has 0 fully saturated rings. The van der Waals surface area contributed by atoms with Crippen LogP contribution < -0.4 is 15.0 Å². The molecule has 0 radical (unpaired) electrons. The lowest BCUT2D eigenvalue weighted by Crippen LogP contribution is -2.27. The SMILES string of the molecule is O=C(O)CONC(=O)OCc1ccc2c(c1)OCO2. The minimum absolute atomic E-state index is 0.00109. The van der Waals surface area contributed by atoms with Crippen LogP contribution in [0.15, 0.2) is 18.2 Å². The van der Waals surface area contributed by atoms with E-state index in [2.05, 4.69) is 4.84 Å². The summed E-state index contributed by atoms with van der Waals surface area (Å²) in [6, 6.07) is 5.12. The normalized spacial score (nSPS) is 12.0. The molecule has 2 N–H and O–H groups in total. The maximum absolute atomic E-state index is 11.1. The van der Waals surface area contributed by atoms with Crippen molar-refractivity contribution in [3.8, 4) is 11.5 Å². The van der Waals surface area contributed by atoms with Gasteiger partial charge in [0.05, 0.1) is 0 Å². The van der Waals surface area contributed by atoms with Crippen molar-refractivity contribution in [3.05, 3.63) is 23.8 Å². The van der Waals surface area contributed by atoms with Gasteiger partial charge in [0.25, 0.3) is 0 Å². The highest BCUT2D eigenvalue weighted by Crippen LogP contribution is 2.32. The molecule has 1 aromatic rings. The molecular weight excluding hydrogens is 258 g/mol. The number of carboxylic acid groups (broad SMARTS) is 1. The van der Waals surface area contributed by atoms with Crippen molar-refractivity contribution >= 4 is 12.1 Å². The number of carboxylic acids is 1. The van der Waals surface area contributed by atoms with Crippen LogP contribution in [0.4, 0.5) is 4.79 Å². The van der Waals surface area contributed by atoms with E-state index < -0.39 is 18.7 Å². The molecule has 0 atom stereocenters. The number of hydroxylamine groups is 1. The Hall–Kier alpha value is -2.48. The van der Waals surface area contributed by atoms with E-state index in [4.69, 9.17) is 19.3 Å². The average molecular weight is 269 g/mol. The van der Waals surface area contributed by atoms with Crippen molar-refractivity contribution in [2.75, 3.05) is 13.4 Å². The minimum atomic E-state index is -1.20. The van der Waals surface area contributed by atoms with Gasteiger partial charge >= 0.3 is 12.1 Å². The predicted octanol–water partition coefficient (Wildman–Crippen LogP) is 0.658. The van der Waals surface area contributed by atoms with Gasteiger partial charge in [-0.1, -0.05) is 6.07 Å². The number of amides is 1. The van der Waals surface area contributed by atoms with Gasteiger partial charge in [-0.15, -0.1) is 0 Å². The van der Waals surface area contributed by atoms with E-state index in [0.717, 1.165) is 0 Å². The van der Waals surface area contributed by atoms with Crippen LogP contribution in [0.5, 0.6) is 11.5 Å². The number of ether oxygens (including phenoxy) is 3. The Morgan fingerprint density at radius 3 is 2.89 bits per heavy atom. The number of hydrogen-bond acceptors (Lipinski definition) is 6. The molecule has 1 aliphatic heterocycles. The zero-order valence-corrected chi connectivity index (χ0v) is 9.75. The molecule has 0 aliphatic carbocycles. The molecule has 0 bridgehead atoms. The lowest BCUT2D eigenvalue weighted by Gasteiger charge is -2.06. The van der Waals surface area contributed by atoms with Crippen LogP contribution in [0, 0.1) is 0 Å². The van der Waals surface area contributed by atoms with Gasteiger partial charge in [0, 0.05) is 0 Å². The van der Waals surface area contributed by atoms with Crippen molar-refractivity contribution < 1.29 is 33.7 Å². The van der Waals surface area contributed by atoms with Gasteiger partial charge in [0.2, 0.25) is 6.79 Å². The van der Waals surface area contributed by atoms with Crippen LogP contribution in [0.3, 0.4) is 0 Å². The standard InChI is InChI=1S/C11H11NO7/c13-10(14)5-19-12-11(15)16-4-7-1-2-8-9(3-7)18-6-17-8/h1-3H,4-6H2,(H,12,15)(H,13,14). The van der Waals surface area contributed by atoms with Crippen molar-refractivity contribution in [1.29, 1.82) is 0 Å². The second-order valence-electron chi connectivity index (χ2n) is 3.55. The third-order valence-corrected chi connectivity index (χ3v) is 2.16. The van der Waals surface area contributed by atoms with Crippen LogP contribution in [-0.2, 0) is 21.0 Å². The first-order valence-corrected chi connectivity index (χ1v) is 5.30. The molecule has 8 heteroatoms. The molecule has 0 saturated heterocycles. The number of fused-ring (bicyclic) bond motifs is 1. The summed E-state index contributed by atoms with van der Waals surface area (Å²) >= 11 is 0. The quantitative estimate of drug-likeness (QED) is 0.756. The molecule has 19 heavy (non-hydrogen) atoms. The molecule has 102 valence electrons. The number of carbonyl (C=O) groups is 2. The van der Waals surface area contributed by atoms with E-state index in [-0.39, 0.29) is 13.4 Å². The van der Waals surface area contributed by atoms with Crippen molar-refractivity contribution in [3.63, 3.8) is 0 Å². The Balaban J connectivity index is 1.76. The molecule has 0 saturated carbocycles. The predicted molar refractivity (Wildman–Crippen MR) is 59.5 cm³/mol. The maximum Gasteiger partial charge on any atom is 0.431 e. The van der Waals surface area contributed by atoms with Gasteiger partial charge in [-0.05, 0) is 17.7 Å². The van der Waals surface area contributed by atoms with Crippen LogP contribution in [0.2, 0.25) is 0 Å². The largest absolute Gasteiger partial charge is 0.479 e. The molecule has 1 amide bonds. The fourth-order valence-electron chi connectivity index (χ4n) is 1.37. The third kappa shape index (κ3) is 3.75. The van der Waals surface area contributed by atoms with Crippen molar-refractivity contribution in [1.82, 2.24) is 5.48 Å². The fourth-order valence-corrected chi connectivity index (χ4v) is 1.37. The van der Waals surface area contributed by atoms with Crippen molar-refractivity contribution in [2.24, 2.45) is 0 Å². The Bertz CT molecular complexity index is 488. The van der Waals surface area contributed by atoms with Gasteiger partial charge in [-0.2, -0.15) is 5.48 Å². The highest BCUT2D eigenvalue weighted by atomic mass is 16.7. The van der Waals surface area contributed by atoms with E-state index in [1.165, 1.54) is 0 Å². The van der Waals surface area contributed by atoms with Gasteiger partial charge in [-0.3, -0.25) is 4.84 Å². The Morgan fingerprint density at radius 2 is 2.11 bits per heavy atom. The van der Waals surface area contributed by atoms with Crippen LogP contribution in [0.1, 0.15) is 5.56 Å². The molecule has 1 aromatic carbocycles. The fraction of sp³-hybridized carbons (Fsp3) is 0.273. The van der Waals surface area contributed by atoms with E-state index in [1.54, 1.807) is 18.2 Å². The molecule has 0 aromatic heterocycles. The highest BCUT2D eigenvalue weighted by Gasteiger charge is 2.13. The highest BCUT2D eigenvalue weighted by molar-refractivity contribution is 5.69. The second kappa shape index (κ2) is 5.91. The van der Waals surface area contributed by atoms with E-state index >= 15 is 0 Å². The number of carbonyl (C=O) groups excluding carboxylic acids is 1. The Labute approximate surface area is 107 Å². The summed E-state index contributed by atoms with van der Waals surface area (Å²) in [5, 5.41) is 8.28. The van der Waals surface area contributed by atoms with Crippen LogP contribution in [0.25, 0.3) is 0 Å². The summed E-state index contributed by atoms with van der Waals surface area (Å²) in [4.78, 5) is 25.6. The molecule has 1 aliphatic rings. The summed E-state index contributed by atoms with van der Waals surface area (Å²) in [6.45, 7) is -0.471. The third-order valence-electron chi connectivity index (χ3n) is 2.16. The number of hydrogen-bond donors (Lipinski definition) is 2. The summed E-state index contributed by atoms with van der Waals surface area (Å²) < 4.78 is 15.1. The molecule has 8 nitrogen and oxygen atoms in total. The van der Waals surface area contributed by atoms with E-state index in [0.29, 0.717) is 17.1 Å². The number of aliphatic carboxylic acids is 1. The Kier molecular flexibility index (Phi) is 4.04. The Morgan fingerprint density at radius 1 is 1.32 bits per heavy atom. The minimum Gasteiger partial charge on any atom is -0.479 e. The van der Waals surface area contributed by atoms with Crippen LogP contribution in [-0.4, -0.2) is 30.6 Å². The van der Waals surface area contributed by atoms with Crippen molar-refractivity contribution in [2.45, 2.75) is 6.61 Å². The monoisotopic (exact) mass is 269 g/mol. The molecule has 0 spiro atoms. The first-order valence-electron chi connectivity index (χ1n) is 5.30. The lowest BCUT2D eigenvalue weighted by molar-refractivity contribution is -0.144. The van der Waals surface area contributed by atoms with Gasteiger partial charge < -0.3 is 19.3 Å². The number of benzene rings is 1. The maximum atomic E-state index is 11.1. The zero-order chi connectivity index (χ0) is 13.7. The first kappa shape index (κ1) is 13.0. The second-order valence-corrected chi connectivity index (χ2v) is 3.55. The topological polar surface area (TPSA) is 103 Å². The summed E-state index contributed by atoms with van der Waals surface area (Å²) in [6.07, 6.45) is -0.876. The molecule has 1 heterocycles. The van der Waals surface area contributed by atoms with E-state index in [9.17, 15) is 9.59 Å². The smallest absolute Gasteiger partial charge is 0.431 e. The first-order chi connectivity index (χ1) is 9.15. The average Bonchev–Trinajstić information content (AvgIpc) is 2.83. The molecule has 0 unspecified atom stereocenters.